The fraction of sp³-hybridized carbons (Fsp3) is 0.786. The minimum atomic E-state index is 0.297. The van der Waals surface area contributed by atoms with Gasteiger partial charge in [0.1, 0.15) is 0 Å². The molecule has 6 heteroatoms. The molecule has 1 aromatic heterocycles. The highest BCUT2D eigenvalue weighted by atomic mass is 15.3. The van der Waals surface area contributed by atoms with Crippen molar-refractivity contribution in [3.05, 3.63) is 0 Å². The van der Waals surface area contributed by atoms with Crippen molar-refractivity contribution < 1.29 is 0 Å². The fourth-order valence-corrected chi connectivity index (χ4v) is 2.70. The lowest BCUT2D eigenvalue weighted by atomic mass is 10.1. The van der Waals surface area contributed by atoms with Crippen LogP contribution in [0.3, 0.4) is 0 Å². The van der Waals surface area contributed by atoms with E-state index in [4.69, 9.17) is 5.73 Å². The standard InChI is InChI=1S/C14H26N6/c1-10(2)9-20(11-7-5-6-8-11)14-17-12(15)16-13(18-14)19(3)4/h10-11H,5-9H2,1-4H3,(H2,15,16,17,18). The Bertz CT molecular complexity index is 439. The molecule has 0 saturated heterocycles. The molecule has 0 atom stereocenters. The largest absolute Gasteiger partial charge is 0.368 e. The van der Waals surface area contributed by atoms with Crippen molar-refractivity contribution in [1.82, 2.24) is 15.0 Å². The van der Waals surface area contributed by atoms with Crippen LogP contribution in [-0.2, 0) is 0 Å². The van der Waals surface area contributed by atoms with E-state index in [0.717, 1.165) is 12.5 Å². The molecule has 112 valence electrons. The van der Waals surface area contributed by atoms with Crippen molar-refractivity contribution in [1.29, 1.82) is 0 Å². The van der Waals surface area contributed by atoms with E-state index >= 15 is 0 Å². The molecule has 0 bridgehead atoms. The molecule has 2 rings (SSSR count). The molecular weight excluding hydrogens is 252 g/mol. The second-order valence-electron chi connectivity index (χ2n) is 6.17. The molecule has 0 amide bonds. The molecule has 1 aromatic rings. The molecule has 2 N–H and O–H groups in total. The average Bonchev–Trinajstić information content (AvgIpc) is 2.88. The van der Waals surface area contributed by atoms with Gasteiger partial charge in [-0.15, -0.1) is 0 Å². The summed E-state index contributed by atoms with van der Waals surface area (Å²) >= 11 is 0. The van der Waals surface area contributed by atoms with Crippen molar-refractivity contribution in [3.8, 4) is 0 Å². The minimum Gasteiger partial charge on any atom is -0.368 e. The summed E-state index contributed by atoms with van der Waals surface area (Å²) in [6, 6.07) is 0.536. The van der Waals surface area contributed by atoms with Crippen LogP contribution in [0.1, 0.15) is 39.5 Å². The number of hydrogen-bond donors (Lipinski definition) is 1. The Kier molecular flexibility index (Phi) is 4.62. The van der Waals surface area contributed by atoms with Gasteiger partial charge in [-0.25, -0.2) is 0 Å². The summed E-state index contributed by atoms with van der Waals surface area (Å²) in [6.07, 6.45) is 5.02. The molecule has 0 aliphatic heterocycles. The monoisotopic (exact) mass is 278 g/mol. The van der Waals surface area contributed by atoms with Crippen molar-refractivity contribution in [2.75, 3.05) is 36.2 Å². The van der Waals surface area contributed by atoms with E-state index in [1.54, 1.807) is 0 Å². The van der Waals surface area contributed by atoms with Gasteiger partial charge in [0.05, 0.1) is 0 Å². The smallest absolute Gasteiger partial charge is 0.232 e. The quantitative estimate of drug-likeness (QED) is 0.887. The third-order valence-corrected chi connectivity index (χ3v) is 3.61. The van der Waals surface area contributed by atoms with Gasteiger partial charge in [-0.3, -0.25) is 0 Å². The van der Waals surface area contributed by atoms with E-state index in [-0.39, 0.29) is 0 Å². The lowest BCUT2D eigenvalue weighted by molar-refractivity contribution is 0.525. The highest BCUT2D eigenvalue weighted by Crippen LogP contribution is 2.28. The maximum Gasteiger partial charge on any atom is 0.232 e. The fourth-order valence-electron chi connectivity index (χ4n) is 2.70. The van der Waals surface area contributed by atoms with Crippen LogP contribution >= 0.6 is 0 Å². The first-order valence-electron chi connectivity index (χ1n) is 7.43. The number of rotatable bonds is 5. The Morgan fingerprint density at radius 3 is 2.25 bits per heavy atom. The van der Waals surface area contributed by atoms with E-state index in [1.165, 1.54) is 25.7 Å². The van der Waals surface area contributed by atoms with E-state index in [9.17, 15) is 0 Å². The van der Waals surface area contributed by atoms with E-state index in [2.05, 4.69) is 33.7 Å². The van der Waals surface area contributed by atoms with Crippen molar-refractivity contribution in [2.45, 2.75) is 45.6 Å². The summed E-state index contributed by atoms with van der Waals surface area (Å²) in [6.45, 7) is 5.40. The number of aromatic nitrogens is 3. The van der Waals surface area contributed by atoms with Gasteiger partial charge in [0.25, 0.3) is 0 Å². The summed E-state index contributed by atoms with van der Waals surface area (Å²) < 4.78 is 0. The van der Waals surface area contributed by atoms with Crippen molar-refractivity contribution >= 4 is 17.8 Å². The zero-order valence-electron chi connectivity index (χ0n) is 13.0. The lowest BCUT2D eigenvalue weighted by Crippen LogP contribution is -2.38. The molecule has 1 fully saturated rings. The first kappa shape index (κ1) is 14.8. The topological polar surface area (TPSA) is 71.2 Å². The zero-order valence-corrected chi connectivity index (χ0v) is 13.0. The molecule has 0 aromatic carbocycles. The molecule has 1 heterocycles. The predicted molar refractivity (Wildman–Crippen MR) is 83.0 cm³/mol. The van der Waals surface area contributed by atoms with Crippen LogP contribution in [0, 0.1) is 5.92 Å². The molecule has 1 aliphatic carbocycles. The summed E-state index contributed by atoms with van der Waals surface area (Å²) in [5.41, 5.74) is 5.85. The molecule has 0 spiro atoms. The van der Waals surface area contributed by atoms with Gasteiger partial charge in [-0.05, 0) is 18.8 Å². The zero-order chi connectivity index (χ0) is 14.7. The Hall–Kier alpha value is -1.59. The maximum atomic E-state index is 5.85. The van der Waals surface area contributed by atoms with Gasteiger partial charge >= 0.3 is 0 Å². The number of nitrogens with two attached hydrogens (primary N) is 1. The molecular formula is C14H26N6. The first-order valence-corrected chi connectivity index (χ1v) is 7.43. The van der Waals surface area contributed by atoms with Gasteiger partial charge in [0.2, 0.25) is 17.8 Å². The number of anilines is 3. The van der Waals surface area contributed by atoms with Crippen LogP contribution in [0.15, 0.2) is 0 Å². The van der Waals surface area contributed by atoms with Gasteiger partial charge < -0.3 is 15.5 Å². The maximum absolute atomic E-state index is 5.85. The van der Waals surface area contributed by atoms with Crippen molar-refractivity contribution in [2.24, 2.45) is 5.92 Å². The number of nitrogens with zero attached hydrogens (tertiary/aromatic N) is 5. The van der Waals surface area contributed by atoms with Crippen LogP contribution in [-0.4, -0.2) is 41.6 Å². The third-order valence-electron chi connectivity index (χ3n) is 3.61. The highest BCUT2D eigenvalue weighted by Gasteiger charge is 2.26. The lowest BCUT2D eigenvalue weighted by Gasteiger charge is -2.31. The van der Waals surface area contributed by atoms with Crippen LogP contribution in [0.5, 0.6) is 0 Å². The van der Waals surface area contributed by atoms with Crippen LogP contribution in [0.25, 0.3) is 0 Å². The Morgan fingerprint density at radius 1 is 1.10 bits per heavy atom. The Labute approximate surface area is 121 Å². The van der Waals surface area contributed by atoms with Gasteiger partial charge in [-0.1, -0.05) is 26.7 Å². The first-order chi connectivity index (χ1) is 9.47. The second-order valence-corrected chi connectivity index (χ2v) is 6.17. The van der Waals surface area contributed by atoms with Gasteiger partial charge in [0, 0.05) is 26.7 Å². The molecule has 1 aliphatic rings. The molecule has 0 unspecified atom stereocenters. The normalized spacial score (nSPS) is 15.8. The van der Waals surface area contributed by atoms with Crippen molar-refractivity contribution in [3.63, 3.8) is 0 Å². The summed E-state index contributed by atoms with van der Waals surface area (Å²) in [5.74, 6) is 2.21. The SMILES string of the molecule is CC(C)CN(c1nc(N)nc(N(C)C)n1)C1CCCC1. The van der Waals surface area contributed by atoms with Crippen LogP contribution < -0.4 is 15.5 Å². The minimum absolute atomic E-state index is 0.297. The Balaban J connectivity index is 2.31. The molecule has 1 saturated carbocycles. The summed E-state index contributed by atoms with van der Waals surface area (Å²) in [5, 5.41) is 0. The number of hydrogen-bond acceptors (Lipinski definition) is 6. The van der Waals surface area contributed by atoms with Gasteiger partial charge in [0.15, 0.2) is 0 Å². The van der Waals surface area contributed by atoms with Crippen LogP contribution in [0.2, 0.25) is 0 Å². The third kappa shape index (κ3) is 3.49. The predicted octanol–water partition coefficient (Wildman–Crippen LogP) is 1.92. The highest BCUT2D eigenvalue weighted by molar-refractivity contribution is 5.43. The van der Waals surface area contributed by atoms with E-state index in [1.807, 2.05) is 19.0 Å². The van der Waals surface area contributed by atoms with Gasteiger partial charge in [-0.2, -0.15) is 15.0 Å². The average molecular weight is 278 g/mol. The van der Waals surface area contributed by atoms with E-state index < -0.39 is 0 Å². The second kappa shape index (κ2) is 6.24. The van der Waals surface area contributed by atoms with E-state index in [0.29, 0.717) is 23.9 Å². The number of nitrogen functional groups attached to an aromatic ring is 1. The molecule has 0 radical (unpaired) electrons. The Morgan fingerprint density at radius 2 is 1.70 bits per heavy atom. The molecule has 6 nitrogen and oxygen atoms in total. The summed E-state index contributed by atoms with van der Waals surface area (Å²) in [7, 11) is 3.84. The summed E-state index contributed by atoms with van der Waals surface area (Å²) in [4.78, 5) is 17.3. The molecule has 20 heavy (non-hydrogen) atoms. The van der Waals surface area contributed by atoms with Crippen LogP contribution in [0.4, 0.5) is 17.8 Å².